The Morgan fingerprint density at radius 2 is 1.83 bits per heavy atom. The van der Waals surface area contributed by atoms with Gasteiger partial charge in [-0.3, -0.25) is 9.59 Å². The molecule has 0 bridgehead atoms. The number of nitrogens with one attached hydrogen (secondary N) is 1. The van der Waals surface area contributed by atoms with Gasteiger partial charge in [-0.2, -0.15) is 0 Å². The lowest BCUT2D eigenvalue weighted by atomic mass is 10.3. The molecule has 156 valence electrons. The molecule has 1 aromatic heterocycles. The summed E-state index contributed by atoms with van der Waals surface area (Å²) < 4.78 is 28.9. The summed E-state index contributed by atoms with van der Waals surface area (Å²) in [5, 5.41) is 2.74. The van der Waals surface area contributed by atoms with Gasteiger partial charge in [-0.25, -0.2) is 4.39 Å². The Labute approximate surface area is 173 Å². The number of carbonyl (C=O) groups is 2. The molecular weight excluding hydrogens is 391 g/mol. The van der Waals surface area contributed by atoms with E-state index in [1.165, 1.54) is 42.5 Å². The van der Waals surface area contributed by atoms with Gasteiger partial charge >= 0.3 is 0 Å². The normalized spacial score (nSPS) is 10.3. The number of rotatable bonds is 9. The van der Waals surface area contributed by atoms with E-state index in [1.54, 1.807) is 36.4 Å². The van der Waals surface area contributed by atoms with Crippen molar-refractivity contribution in [2.45, 2.75) is 6.54 Å². The Balaban J connectivity index is 1.65. The fourth-order valence-corrected chi connectivity index (χ4v) is 2.70. The molecule has 0 aliphatic rings. The number of anilines is 1. The lowest BCUT2D eigenvalue weighted by Gasteiger charge is -2.21. The minimum absolute atomic E-state index is 0.0952. The molecule has 1 N–H and O–H groups in total. The third-order valence-corrected chi connectivity index (χ3v) is 4.17. The first-order valence-corrected chi connectivity index (χ1v) is 9.16. The van der Waals surface area contributed by atoms with Crippen molar-refractivity contribution in [2.75, 3.05) is 25.6 Å². The smallest absolute Gasteiger partial charge is 0.261 e. The molecule has 0 radical (unpaired) electrons. The summed E-state index contributed by atoms with van der Waals surface area (Å²) in [4.78, 5) is 26.6. The van der Waals surface area contributed by atoms with E-state index in [2.05, 4.69) is 5.32 Å². The zero-order chi connectivity index (χ0) is 21.3. The van der Waals surface area contributed by atoms with Crippen molar-refractivity contribution in [3.63, 3.8) is 0 Å². The van der Waals surface area contributed by atoms with Crippen LogP contribution in [0.1, 0.15) is 5.76 Å². The predicted molar refractivity (Wildman–Crippen MR) is 108 cm³/mol. The molecule has 2 amide bonds. The van der Waals surface area contributed by atoms with Crippen molar-refractivity contribution < 1.29 is 27.9 Å². The van der Waals surface area contributed by atoms with E-state index in [0.29, 0.717) is 22.9 Å². The lowest BCUT2D eigenvalue weighted by Crippen LogP contribution is -2.40. The summed E-state index contributed by atoms with van der Waals surface area (Å²) in [5.41, 5.74) is 0.498. The average Bonchev–Trinajstić information content (AvgIpc) is 3.26. The maximum atomic E-state index is 13.0. The minimum Gasteiger partial charge on any atom is -0.495 e. The van der Waals surface area contributed by atoms with Crippen LogP contribution >= 0.6 is 0 Å². The van der Waals surface area contributed by atoms with Gasteiger partial charge in [0.1, 0.15) is 29.6 Å². The Morgan fingerprint density at radius 3 is 2.53 bits per heavy atom. The molecular formula is C22H21FN2O5. The second-order valence-corrected chi connectivity index (χ2v) is 6.32. The summed E-state index contributed by atoms with van der Waals surface area (Å²) in [6.07, 6.45) is 1.49. The number of furan rings is 1. The van der Waals surface area contributed by atoms with Gasteiger partial charge < -0.3 is 24.1 Å². The summed E-state index contributed by atoms with van der Waals surface area (Å²) >= 11 is 0. The highest BCUT2D eigenvalue weighted by atomic mass is 19.1. The molecule has 30 heavy (non-hydrogen) atoms. The number of benzene rings is 2. The standard InChI is InChI=1S/C22H21FN2O5/c1-28-20-7-3-2-6-19(20)24-21(26)14-25(13-18-5-4-12-29-18)22(27)15-30-17-10-8-16(23)9-11-17/h2-12H,13-15H2,1H3,(H,24,26). The average molecular weight is 412 g/mol. The minimum atomic E-state index is -0.425. The number of hydrogen-bond donors (Lipinski definition) is 1. The summed E-state index contributed by atoms with van der Waals surface area (Å²) in [6.45, 7) is -0.434. The van der Waals surface area contributed by atoms with Crippen molar-refractivity contribution in [1.29, 1.82) is 0 Å². The van der Waals surface area contributed by atoms with Crippen molar-refractivity contribution in [1.82, 2.24) is 4.90 Å². The number of hydrogen-bond acceptors (Lipinski definition) is 5. The van der Waals surface area contributed by atoms with Crippen LogP contribution in [-0.4, -0.2) is 37.0 Å². The van der Waals surface area contributed by atoms with Crippen molar-refractivity contribution in [3.8, 4) is 11.5 Å². The van der Waals surface area contributed by atoms with Crippen LogP contribution < -0.4 is 14.8 Å². The lowest BCUT2D eigenvalue weighted by molar-refractivity contribution is -0.137. The van der Waals surface area contributed by atoms with Gasteiger partial charge in [-0.1, -0.05) is 12.1 Å². The Hall–Kier alpha value is -3.81. The van der Waals surface area contributed by atoms with Gasteiger partial charge in [0.15, 0.2) is 6.61 Å². The molecule has 1 heterocycles. The molecule has 0 unspecified atom stereocenters. The SMILES string of the molecule is COc1ccccc1NC(=O)CN(Cc1ccco1)C(=O)COc1ccc(F)cc1. The van der Waals surface area contributed by atoms with Crippen LogP contribution in [0.4, 0.5) is 10.1 Å². The highest BCUT2D eigenvalue weighted by Crippen LogP contribution is 2.23. The molecule has 3 aromatic rings. The number of amides is 2. The fourth-order valence-electron chi connectivity index (χ4n) is 2.70. The first-order chi connectivity index (χ1) is 14.5. The van der Waals surface area contributed by atoms with Crippen molar-refractivity contribution >= 4 is 17.5 Å². The first-order valence-electron chi connectivity index (χ1n) is 9.16. The number of methoxy groups -OCH3 is 1. The van der Waals surface area contributed by atoms with Crippen LogP contribution in [0.15, 0.2) is 71.3 Å². The highest BCUT2D eigenvalue weighted by molar-refractivity contribution is 5.95. The van der Waals surface area contributed by atoms with Crippen LogP contribution in [-0.2, 0) is 16.1 Å². The molecule has 0 aliphatic carbocycles. The fraction of sp³-hybridized carbons (Fsp3) is 0.182. The predicted octanol–water partition coefficient (Wildman–Crippen LogP) is 3.47. The van der Waals surface area contributed by atoms with Gasteiger partial charge in [0.25, 0.3) is 5.91 Å². The second-order valence-electron chi connectivity index (χ2n) is 6.32. The van der Waals surface area contributed by atoms with E-state index in [-0.39, 0.29) is 19.7 Å². The Kier molecular flexibility index (Phi) is 7.05. The maximum absolute atomic E-state index is 13.0. The number of para-hydroxylation sites is 2. The van der Waals surface area contributed by atoms with E-state index in [1.807, 2.05) is 0 Å². The van der Waals surface area contributed by atoms with E-state index >= 15 is 0 Å². The first kappa shape index (κ1) is 20.9. The molecule has 2 aromatic carbocycles. The van der Waals surface area contributed by atoms with Crippen molar-refractivity contribution in [2.24, 2.45) is 0 Å². The quantitative estimate of drug-likeness (QED) is 0.582. The van der Waals surface area contributed by atoms with Gasteiger partial charge in [0, 0.05) is 0 Å². The van der Waals surface area contributed by atoms with Crippen LogP contribution in [0, 0.1) is 5.82 Å². The third kappa shape index (κ3) is 5.84. The van der Waals surface area contributed by atoms with Gasteiger partial charge in [-0.05, 0) is 48.5 Å². The molecule has 0 fully saturated rings. The largest absolute Gasteiger partial charge is 0.495 e. The number of nitrogens with zero attached hydrogens (tertiary/aromatic N) is 1. The van der Waals surface area contributed by atoms with Gasteiger partial charge in [0.05, 0.1) is 25.6 Å². The Morgan fingerprint density at radius 1 is 1.07 bits per heavy atom. The molecule has 0 atom stereocenters. The van der Waals surface area contributed by atoms with E-state index in [0.717, 1.165) is 0 Å². The van der Waals surface area contributed by atoms with Crippen LogP contribution in [0.2, 0.25) is 0 Å². The van der Waals surface area contributed by atoms with Gasteiger partial charge in [0.2, 0.25) is 5.91 Å². The van der Waals surface area contributed by atoms with Crippen LogP contribution in [0.3, 0.4) is 0 Å². The molecule has 0 saturated carbocycles. The summed E-state index contributed by atoms with van der Waals surface area (Å²) in [5.74, 6) is 0.152. The Bertz CT molecular complexity index is 973. The molecule has 3 rings (SSSR count). The molecule has 0 spiro atoms. The number of ether oxygens (including phenoxy) is 2. The zero-order valence-electron chi connectivity index (χ0n) is 16.3. The van der Waals surface area contributed by atoms with E-state index < -0.39 is 17.6 Å². The van der Waals surface area contributed by atoms with E-state index in [4.69, 9.17) is 13.9 Å². The van der Waals surface area contributed by atoms with Gasteiger partial charge in [-0.15, -0.1) is 0 Å². The van der Waals surface area contributed by atoms with Crippen LogP contribution in [0.5, 0.6) is 11.5 Å². The number of carbonyl (C=O) groups excluding carboxylic acids is 2. The molecule has 7 nitrogen and oxygen atoms in total. The summed E-state index contributed by atoms with van der Waals surface area (Å²) in [6, 6.07) is 15.7. The zero-order valence-corrected chi connectivity index (χ0v) is 16.3. The van der Waals surface area contributed by atoms with Crippen LogP contribution in [0.25, 0.3) is 0 Å². The second kappa shape index (κ2) is 10.1. The third-order valence-electron chi connectivity index (χ3n) is 4.17. The summed E-state index contributed by atoms with van der Waals surface area (Å²) in [7, 11) is 1.50. The molecule has 8 heteroatoms. The highest BCUT2D eigenvalue weighted by Gasteiger charge is 2.20. The van der Waals surface area contributed by atoms with E-state index in [9.17, 15) is 14.0 Å². The molecule has 0 aliphatic heterocycles. The maximum Gasteiger partial charge on any atom is 0.261 e. The number of halogens is 1. The topological polar surface area (TPSA) is 81.0 Å². The molecule has 0 saturated heterocycles. The van der Waals surface area contributed by atoms with Crippen molar-refractivity contribution in [3.05, 3.63) is 78.5 Å². The monoisotopic (exact) mass is 412 g/mol.